The summed E-state index contributed by atoms with van der Waals surface area (Å²) in [5.41, 5.74) is 10.0. The van der Waals surface area contributed by atoms with E-state index in [0.717, 1.165) is 53.6 Å². The molecule has 0 amide bonds. The minimum Gasteiger partial charge on any atom is -0.326 e. The van der Waals surface area contributed by atoms with Gasteiger partial charge in [-0.15, -0.1) is 0 Å². The van der Waals surface area contributed by atoms with Crippen LogP contribution in [-0.4, -0.2) is 19.6 Å². The fourth-order valence-corrected chi connectivity index (χ4v) is 6.04. The summed E-state index contributed by atoms with van der Waals surface area (Å²) in [5.74, 6) is 0. The molecule has 0 unspecified atom stereocenters. The minimum absolute atomic E-state index is 0. The van der Waals surface area contributed by atoms with E-state index >= 15 is 0 Å². The number of alkyl halides is 6. The lowest BCUT2D eigenvalue weighted by Crippen LogP contribution is -2.11. The molecule has 0 radical (unpaired) electrons. The zero-order chi connectivity index (χ0) is 32.2. The smallest absolute Gasteiger partial charge is 0.326 e. The molecule has 2 heterocycles. The van der Waals surface area contributed by atoms with Crippen LogP contribution in [0.4, 0.5) is 26.3 Å². The van der Waals surface area contributed by atoms with Crippen molar-refractivity contribution in [2.45, 2.75) is 105 Å². The Kier molecular flexibility index (Phi) is 12.4. The van der Waals surface area contributed by atoms with Crippen molar-refractivity contribution in [3.05, 3.63) is 105 Å². The first-order valence-electron chi connectivity index (χ1n) is 15.0. The molecule has 0 atom stereocenters. The fourth-order valence-electron chi connectivity index (χ4n) is 6.04. The molecule has 2 aliphatic rings. The zero-order valence-electron chi connectivity index (χ0n) is 24.7. The van der Waals surface area contributed by atoms with Crippen LogP contribution >= 0.6 is 0 Å². The molecule has 2 aromatic carbocycles. The standard InChI is InChI=1S/C17H16F3N3.C16H18F3N3.2CH4/c18-17(19,20)16-14-3-1-2-4-15(14)23(22-16)11-13-7-5-12(6-8-13)9-10-21;17-16(18,19)15-13-3-1-2-4-14(13)22(21-15)10-12-7-5-11(9-20)6-8-12;;/h5-8H,1-4,9,11H2;5-8H,1-4,9-10,20H2;2*1H4. The van der Waals surface area contributed by atoms with E-state index in [4.69, 9.17) is 11.0 Å². The molecule has 2 aliphatic carbocycles. The van der Waals surface area contributed by atoms with Crippen LogP contribution in [0.15, 0.2) is 48.5 Å². The summed E-state index contributed by atoms with van der Waals surface area (Å²) in [4.78, 5) is 0. The van der Waals surface area contributed by atoms with Crippen molar-refractivity contribution in [1.82, 2.24) is 19.6 Å². The van der Waals surface area contributed by atoms with E-state index in [1.54, 1.807) is 0 Å². The van der Waals surface area contributed by atoms with Crippen LogP contribution in [-0.2, 0) is 64.1 Å². The molecule has 6 rings (SSSR count). The molecule has 6 nitrogen and oxygen atoms in total. The van der Waals surface area contributed by atoms with Crippen LogP contribution in [0.3, 0.4) is 0 Å². The molecule has 47 heavy (non-hydrogen) atoms. The molecular formula is C35H42F6N6. The molecule has 0 saturated heterocycles. The summed E-state index contributed by atoms with van der Waals surface area (Å²) in [7, 11) is 0. The van der Waals surface area contributed by atoms with E-state index in [9.17, 15) is 26.3 Å². The molecule has 0 aliphatic heterocycles. The van der Waals surface area contributed by atoms with E-state index < -0.39 is 23.7 Å². The van der Waals surface area contributed by atoms with Gasteiger partial charge in [0.1, 0.15) is 0 Å². The largest absolute Gasteiger partial charge is 0.435 e. The van der Waals surface area contributed by atoms with Crippen LogP contribution in [0, 0.1) is 11.3 Å². The van der Waals surface area contributed by atoms with E-state index in [2.05, 4.69) is 16.3 Å². The average Bonchev–Trinajstić information content (AvgIpc) is 3.58. The molecular weight excluding hydrogens is 618 g/mol. The fraction of sp³-hybridized carbons (Fsp3) is 0.457. The first-order chi connectivity index (χ1) is 21.5. The van der Waals surface area contributed by atoms with Crippen molar-refractivity contribution in [2.75, 3.05) is 0 Å². The minimum atomic E-state index is -4.40. The Morgan fingerprint density at radius 3 is 1.34 bits per heavy atom. The molecule has 4 aromatic rings. The number of fused-ring (bicyclic) bond motifs is 2. The number of aromatic nitrogens is 4. The van der Waals surface area contributed by atoms with E-state index in [-0.39, 0.29) is 14.9 Å². The molecule has 0 fully saturated rings. The molecule has 0 saturated carbocycles. The van der Waals surface area contributed by atoms with Crippen molar-refractivity contribution >= 4 is 0 Å². The summed E-state index contributed by atoms with van der Waals surface area (Å²) in [6.07, 6.45) is -2.82. The Labute approximate surface area is 272 Å². The SMILES string of the molecule is C.C.N#CCc1ccc(Cn2nc(C(F)(F)F)c3c2CCCC3)cc1.NCc1ccc(Cn2nc(C(F)(F)F)c3c2CCCC3)cc1. The topological polar surface area (TPSA) is 85.5 Å². The monoisotopic (exact) mass is 660 g/mol. The summed E-state index contributed by atoms with van der Waals surface area (Å²) in [6.45, 7) is 1.14. The third-order valence-corrected chi connectivity index (χ3v) is 8.28. The van der Waals surface area contributed by atoms with Gasteiger partial charge in [0.2, 0.25) is 0 Å². The Morgan fingerprint density at radius 1 is 0.617 bits per heavy atom. The molecule has 0 spiro atoms. The highest BCUT2D eigenvalue weighted by Crippen LogP contribution is 2.37. The Morgan fingerprint density at radius 2 is 0.979 bits per heavy atom. The highest BCUT2D eigenvalue weighted by molar-refractivity contribution is 5.33. The lowest BCUT2D eigenvalue weighted by Gasteiger charge is -2.14. The van der Waals surface area contributed by atoms with Crippen LogP contribution < -0.4 is 5.73 Å². The second-order valence-corrected chi connectivity index (χ2v) is 11.4. The van der Waals surface area contributed by atoms with Crippen LogP contribution in [0.25, 0.3) is 0 Å². The number of nitriles is 1. The summed E-state index contributed by atoms with van der Waals surface area (Å²) >= 11 is 0. The summed E-state index contributed by atoms with van der Waals surface area (Å²) in [5, 5.41) is 16.4. The van der Waals surface area contributed by atoms with E-state index in [1.807, 2.05) is 48.5 Å². The first-order valence-corrected chi connectivity index (χ1v) is 15.0. The number of benzene rings is 2. The van der Waals surface area contributed by atoms with Gasteiger partial charge in [-0.2, -0.15) is 41.8 Å². The van der Waals surface area contributed by atoms with Gasteiger partial charge in [-0.1, -0.05) is 63.4 Å². The van der Waals surface area contributed by atoms with Crippen molar-refractivity contribution in [1.29, 1.82) is 5.26 Å². The van der Waals surface area contributed by atoms with Gasteiger partial charge < -0.3 is 5.73 Å². The Hall–Kier alpha value is -4.11. The number of nitrogens with two attached hydrogens (primary N) is 1. The van der Waals surface area contributed by atoms with Gasteiger partial charge in [0.15, 0.2) is 11.4 Å². The lowest BCUT2D eigenvalue weighted by molar-refractivity contribution is -0.142. The molecule has 2 aromatic heterocycles. The van der Waals surface area contributed by atoms with Crippen molar-refractivity contribution in [3.63, 3.8) is 0 Å². The van der Waals surface area contributed by atoms with Gasteiger partial charge in [-0.05, 0) is 73.6 Å². The van der Waals surface area contributed by atoms with E-state index in [0.29, 0.717) is 68.6 Å². The van der Waals surface area contributed by atoms with Gasteiger partial charge in [0, 0.05) is 29.1 Å². The number of halogens is 6. The molecule has 12 heteroatoms. The van der Waals surface area contributed by atoms with Crippen molar-refractivity contribution in [2.24, 2.45) is 5.73 Å². The predicted octanol–water partition coefficient (Wildman–Crippen LogP) is 8.45. The van der Waals surface area contributed by atoms with Gasteiger partial charge in [0.25, 0.3) is 0 Å². The van der Waals surface area contributed by atoms with Crippen LogP contribution in [0.2, 0.25) is 0 Å². The highest BCUT2D eigenvalue weighted by Gasteiger charge is 2.40. The summed E-state index contributed by atoms with van der Waals surface area (Å²) < 4.78 is 81.9. The highest BCUT2D eigenvalue weighted by atomic mass is 19.4. The molecule has 0 bridgehead atoms. The second kappa shape index (κ2) is 15.7. The third-order valence-electron chi connectivity index (χ3n) is 8.28. The first kappa shape index (κ1) is 37.3. The summed E-state index contributed by atoms with van der Waals surface area (Å²) in [6, 6.07) is 17.0. The zero-order valence-corrected chi connectivity index (χ0v) is 24.7. The van der Waals surface area contributed by atoms with Crippen molar-refractivity contribution < 1.29 is 26.3 Å². The second-order valence-electron chi connectivity index (χ2n) is 11.4. The maximum absolute atomic E-state index is 13.2. The van der Waals surface area contributed by atoms with Gasteiger partial charge in [-0.3, -0.25) is 9.36 Å². The average molecular weight is 661 g/mol. The van der Waals surface area contributed by atoms with E-state index in [1.165, 1.54) is 9.36 Å². The molecule has 254 valence electrons. The predicted molar refractivity (Wildman–Crippen MR) is 170 cm³/mol. The third kappa shape index (κ3) is 8.83. The number of hydrogen-bond acceptors (Lipinski definition) is 4. The van der Waals surface area contributed by atoms with Crippen LogP contribution in [0.5, 0.6) is 0 Å². The number of nitrogens with zero attached hydrogens (tertiary/aromatic N) is 5. The number of hydrogen-bond donors (Lipinski definition) is 1. The van der Waals surface area contributed by atoms with Gasteiger partial charge >= 0.3 is 12.4 Å². The van der Waals surface area contributed by atoms with Gasteiger partial charge in [-0.25, -0.2) is 0 Å². The van der Waals surface area contributed by atoms with Crippen molar-refractivity contribution in [3.8, 4) is 6.07 Å². The molecule has 2 N–H and O–H groups in total. The normalized spacial score (nSPS) is 14.0. The lowest BCUT2D eigenvalue weighted by atomic mass is 9.95. The number of rotatable bonds is 6. The Balaban J connectivity index is 0.000000245. The van der Waals surface area contributed by atoms with Gasteiger partial charge in [0.05, 0.1) is 25.6 Å². The maximum atomic E-state index is 13.2. The maximum Gasteiger partial charge on any atom is 0.435 e. The Bertz CT molecular complexity index is 1640. The quantitative estimate of drug-likeness (QED) is 0.210. The van der Waals surface area contributed by atoms with Crippen LogP contribution in [0.1, 0.15) is 96.7 Å².